The molecule has 0 N–H and O–H groups in total. The van der Waals surface area contributed by atoms with Crippen molar-refractivity contribution in [2.75, 3.05) is 0 Å². The highest BCUT2D eigenvalue weighted by Gasteiger charge is 2.05. The first-order chi connectivity index (χ1) is 7.17. The summed E-state index contributed by atoms with van der Waals surface area (Å²) in [4.78, 5) is 15.3. The minimum Gasteiger partial charge on any atom is -0.289 e. The van der Waals surface area contributed by atoms with Gasteiger partial charge in [0.25, 0.3) is 0 Å². The summed E-state index contributed by atoms with van der Waals surface area (Å²) in [5.41, 5.74) is 1.36. The third-order valence-corrected chi connectivity index (χ3v) is 2.23. The molecular formula is C12H14FNO. The Morgan fingerprint density at radius 2 is 2.07 bits per heavy atom. The minimum absolute atomic E-state index is 0.180. The molecule has 0 saturated carbocycles. The van der Waals surface area contributed by atoms with E-state index in [0.717, 1.165) is 24.6 Å². The van der Waals surface area contributed by atoms with Gasteiger partial charge in [-0.25, -0.2) is 4.39 Å². The first-order valence-corrected chi connectivity index (χ1v) is 5.01. The number of allylic oxidation sites excluding steroid dienone is 2. The van der Waals surface area contributed by atoms with Crippen LogP contribution in [-0.2, 0) is 0 Å². The Morgan fingerprint density at radius 3 is 2.60 bits per heavy atom. The fraction of sp³-hybridized carbons (Fsp3) is 0.333. The van der Waals surface area contributed by atoms with Gasteiger partial charge in [0.2, 0.25) is 0 Å². The Bertz CT molecular complexity index is 379. The van der Waals surface area contributed by atoms with Crippen LogP contribution in [0.2, 0.25) is 0 Å². The highest BCUT2D eigenvalue weighted by molar-refractivity contribution is 6.04. The molecule has 1 rings (SSSR count). The largest absolute Gasteiger partial charge is 0.289 e. The quantitative estimate of drug-likeness (QED) is 0.560. The van der Waals surface area contributed by atoms with Crippen LogP contribution in [0.1, 0.15) is 37.0 Å². The summed E-state index contributed by atoms with van der Waals surface area (Å²) in [6, 6.07) is 1.20. The number of carbonyl (C=O) groups excluding carboxylic acids is 1. The lowest BCUT2D eigenvalue weighted by Crippen LogP contribution is -1.98. The number of carbonyl (C=O) groups is 1. The van der Waals surface area contributed by atoms with E-state index in [1.807, 2.05) is 13.8 Å². The van der Waals surface area contributed by atoms with E-state index in [1.165, 1.54) is 12.3 Å². The molecule has 1 aromatic heterocycles. The van der Waals surface area contributed by atoms with Crippen LogP contribution >= 0.6 is 0 Å². The highest BCUT2D eigenvalue weighted by atomic mass is 19.1. The van der Waals surface area contributed by atoms with Crippen molar-refractivity contribution in [2.24, 2.45) is 0 Å². The van der Waals surface area contributed by atoms with Crippen molar-refractivity contribution in [3.63, 3.8) is 0 Å². The topological polar surface area (TPSA) is 30.0 Å². The number of hydrogen-bond acceptors (Lipinski definition) is 2. The van der Waals surface area contributed by atoms with Gasteiger partial charge in [-0.3, -0.25) is 9.78 Å². The Hall–Kier alpha value is -1.51. The molecule has 0 bridgehead atoms. The smallest absolute Gasteiger partial charge is 0.187 e. The van der Waals surface area contributed by atoms with Gasteiger partial charge in [-0.2, -0.15) is 0 Å². The van der Waals surface area contributed by atoms with Crippen molar-refractivity contribution in [3.05, 3.63) is 41.5 Å². The predicted molar refractivity (Wildman–Crippen MR) is 57.2 cm³/mol. The van der Waals surface area contributed by atoms with Crippen LogP contribution in [0.25, 0.3) is 0 Å². The van der Waals surface area contributed by atoms with E-state index in [4.69, 9.17) is 0 Å². The van der Waals surface area contributed by atoms with Crippen molar-refractivity contribution in [2.45, 2.75) is 26.7 Å². The zero-order valence-corrected chi connectivity index (χ0v) is 8.96. The van der Waals surface area contributed by atoms with E-state index < -0.39 is 5.82 Å². The molecule has 15 heavy (non-hydrogen) atoms. The van der Waals surface area contributed by atoms with Crippen LogP contribution < -0.4 is 0 Å². The molecular weight excluding hydrogens is 193 g/mol. The summed E-state index contributed by atoms with van der Waals surface area (Å²) < 4.78 is 12.8. The lowest BCUT2D eigenvalue weighted by atomic mass is 10.1. The molecule has 2 nitrogen and oxygen atoms in total. The number of pyridine rings is 1. The maximum absolute atomic E-state index is 12.8. The molecule has 1 heterocycles. The van der Waals surface area contributed by atoms with Gasteiger partial charge in [0, 0.05) is 11.8 Å². The van der Waals surface area contributed by atoms with Crippen molar-refractivity contribution < 1.29 is 9.18 Å². The summed E-state index contributed by atoms with van der Waals surface area (Å²) in [5.74, 6) is -0.663. The molecule has 0 amide bonds. The standard InChI is InChI=1S/C12H14FNO/c1-3-9(4-2)5-12(15)10-6-11(13)8-14-7-10/h5-8H,3-4H2,1-2H3. The zero-order valence-electron chi connectivity index (χ0n) is 8.96. The SMILES string of the molecule is CCC(=CC(=O)c1cncc(F)c1)CC. The summed E-state index contributed by atoms with van der Waals surface area (Å²) >= 11 is 0. The predicted octanol–water partition coefficient (Wildman–Crippen LogP) is 3.15. The third-order valence-electron chi connectivity index (χ3n) is 2.23. The molecule has 0 radical (unpaired) electrons. The number of aromatic nitrogens is 1. The van der Waals surface area contributed by atoms with Gasteiger partial charge in [0.1, 0.15) is 5.82 Å². The summed E-state index contributed by atoms with van der Waals surface area (Å²) in [7, 11) is 0. The van der Waals surface area contributed by atoms with Crippen LogP contribution in [0.5, 0.6) is 0 Å². The molecule has 0 unspecified atom stereocenters. The maximum Gasteiger partial charge on any atom is 0.187 e. The fourth-order valence-corrected chi connectivity index (χ4v) is 1.27. The Balaban J connectivity index is 2.90. The molecule has 0 saturated heterocycles. The van der Waals surface area contributed by atoms with Gasteiger partial charge >= 0.3 is 0 Å². The van der Waals surface area contributed by atoms with E-state index >= 15 is 0 Å². The Morgan fingerprint density at radius 1 is 1.40 bits per heavy atom. The summed E-state index contributed by atoms with van der Waals surface area (Å²) in [6.45, 7) is 3.98. The lowest BCUT2D eigenvalue weighted by Gasteiger charge is -2.00. The van der Waals surface area contributed by atoms with E-state index in [1.54, 1.807) is 6.08 Å². The van der Waals surface area contributed by atoms with Crippen LogP contribution in [0.3, 0.4) is 0 Å². The summed E-state index contributed by atoms with van der Waals surface area (Å²) in [5, 5.41) is 0. The van der Waals surface area contributed by atoms with Crippen molar-refractivity contribution >= 4 is 5.78 Å². The maximum atomic E-state index is 12.8. The van der Waals surface area contributed by atoms with Gasteiger partial charge in [-0.05, 0) is 25.0 Å². The molecule has 0 aromatic carbocycles. The second-order valence-corrected chi connectivity index (χ2v) is 3.27. The Labute approximate surface area is 88.8 Å². The van der Waals surface area contributed by atoms with E-state index in [9.17, 15) is 9.18 Å². The van der Waals surface area contributed by atoms with E-state index in [2.05, 4.69) is 4.98 Å². The third kappa shape index (κ3) is 3.27. The molecule has 0 aliphatic carbocycles. The summed E-state index contributed by atoms with van der Waals surface area (Å²) in [6.07, 6.45) is 5.71. The average Bonchev–Trinajstić information content (AvgIpc) is 2.25. The molecule has 3 heteroatoms. The highest BCUT2D eigenvalue weighted by Crippen LogP contribution is 2.09. The Kier molecular flexibility index (Phi) is 4.16. The van der Waals surface area contributed by atoms with Crippen molar-refractivity contribution in [3.8, 4) is 0 Å². The minimum atomic E-state index is -0.483. The van der Waals surface area contributed by atoms with Gasteiger partial charge in [0.05, 0.1) is 6.20 Å². The molecule has 0 atom stereocenters. The molecule has 0 spiro atoms. The zero-order chi connectivity index (χ0) is 11.3. The fourth-order valence-electron chi connectivity index (χ4n) is 1.27. The van der Waals surface area contributed by atoms with Crippen molar-refractivity contribution in [1.29, 1.82) is 0 Å². The molecule has 0 fully saturated rings. The van der Waals surface area contributed by atoms with Gasteiger partial charge in [-0.1, -0.05) is 19.4 Å². The first kappa shape index (κ1) is 11.6. The van der Waals surface area contributed by atoms with Crippen LogP contribution in [0.15, 0.2) is 30.1 Å². The second-order valence-electron chi connectivity index (χ2n) is 3.27. The number of nitrogens with zero attached hydrogens (tertiary/aromatic N) is 1. The monoisotopic (exact) mass is 207 g/mol. The van der Waals surface area contributed by atoms with Gasteiger partial charge in [0.15, 0.2) is 5.78 Å². The molecule has 1 aromatic rings. The van der Waals surface area contributed by atoms with E-state index in [-0.39, 0.29) is 5.78 Å². The lowest BCUT2D eigenvalue weighted by molar-refractivity contribution is 0.104. The molecule has 0 aliphatic heterocycles. The normalized spacial score (nSPS) is 9.80. The number of rotatable bonds is 4. The molecule has 80 valence electrons. The van der Waals surface area contributed by atoms with Crippen LogP contribution in [0.4, 0.5) is 4.39 Å². The number of halogens is 1. The molecule has 0 aliphatic rings. The van der Waals surface area contributed by atoms with Gasteiger partial charge < -0.3 is 0 Å². The van der Waals surface area contributed by atoms with Gasteiger partial charge in [-0.15, -0.1) is 0 Å². The number of hydrogen-bond donors (Lipinski definition) is 0. The average molecular weight is 207 g/mol. The first-order valence-electron chi connectivity index (χ1n) is 5.01. The van der Waals surface area contributed by atoms with Crippen LogP contribution in [0, 0.1) is 5.82 Å². The van der Waals surface area contributed by atoms with Crippen molar-refractivity contribution in [1.82, 2.24) is 4.98 Å². The second kappa shape index (κ2) is 5.39. The van der Waals surface area contributed by atoms with Crippen LogP contribution in [-0.4, -0.2) is 10.8 Å². The van der Waals surface area contributed by atoms with E-state index in [0.29, 0.717) is 5.56 Å². The number of ketones is 1.